The van der Waals surface area contributed by atoms with E-state index < -0.39 is 0 Å². The van der Waals surface area contributed by atoms with Gasteiger partial charge in [-0.15, -0.1) is 10.2 Å². The van der Waals surface area contributed by atoms with Crippen LogP contribution in [0.3, 0.4) is 0 Å². The molecule has 32 heavy (non-hydrogen) atoms. The van der Waals surface area contributed by atoms with Crippen LogP contribution in [0.15, 0.2) is 47.6 Å². The Morgan fingerprint density at radius 3 is 2.31 bits per heavy atom. The van der Waals surface area contributed by atoms with E-state index in [1.54, 1.807) is 0 Å². The van der Waals surface area contributed by atoms with E-state index in [2.05, 4.69) is 67.5 Å². The zero-order valence-electron chi connectivity index (χ0n) is 19.5. The SMILES string of the molecule is CCc1cccc(CC)c1NC(=O)CSc1nnc(COc2ccc(C(C)C)cc2)n1C. The van der Waals surface area contributed by atoms with Gasteiger partial charge in [-0.05, 0) is 47.6 Å². The van der Waals surface area contributed by atoms with E-state index >= 15 is 0 Å². The molecule has 6 nitrogen and oxygen atoms in total. The normalized spacial score (nSPS) is 11.1. The number of nitrogens with zero attached hydrogens (tertiary/aromatic N) is 3. The van der Waals surface area contributed by atoms with Crippen LogP contribution in [-0.4, -0.2) is 26.4 Å². The topological polar surface area (TPSA) is 69.0 Å². The molecule has 0 fully saturated rings. The molecule has 0 atom stereocenters. The third kappa shape index (κ3) is 5.91. The Morgan fingerprint density at radius 2 is 1.72 bits per heavy atom. The van der Waals surface area contributed by atoms with Gasteiger partial charge in [0, 0.05) is 12.7 Å². The maximum atomic E-state index is 12.6. The Morgan fingerprint density at radius 1 is 1.06 bits per heavy atom. The van der Waals surface area contributed by atoms with Crippen LogP contribution < -0.4 is 10.1 Å². The Hall–Kier alpha value is -2.80. The standard InChI is InChI=1S/C25H32N4O2S/c1-6-18-9-8-10-19(7-2)24(18)26-23(30)16-32-25-28-27-22(29(25)5)15-31-21-13-11-20(12-14-21)17(3)4/h8-14,17H,6-7,15-16H2,1-5H3,(H,26,30). The van der Waals surface area contributed by atoms with Crippen LogP contribution in [0.4, 0.5) is 5.69 Å². The van der Waals surface area contributed by atoms with Gasteiger partial charge in [0.25, 0.3) is 0 Å². The summed E-state index contributed by atoms with van der Waals surface area (Å²) in [7, 11) is 1.89. The highest BCUT2D eigenvalue weighted by Crippen LogP contribution is 2.24. The summed E-state index contributed by atoms with van der Waals surface area (Å²) in [5.41, 5.74) is 4.53. The minimum Gasteiger partial charge on any atom is -0.486 e. The Kier molecular flexibility index (Phi) is 8.33. The molecule has 0 aliphatic rings. The van der Waals surface area contributed by atoms with Crippen LogP contribution in [0.25, 0.3) is 0 Å². The van der Waals surface area contributed by atoms with Crippen LogP contribution in [0.2, 0.25) is 0 Å². The molecule has 1 aromatic heterocycles. The van der Waals surface area contributed by atoms with Gasteiger partial charge in [-0.3, -0.25) is 4.79 Å². The summed E-state index contributed by atoms with van der Waals surface area (Å²) in [6.45, 7) is 8.85. The number of rotatable bonds is 10. The highest BCUT2D eigenvalue weighted by atomic mass is 32.2. The second-order valence-electron chi connectivity index (χ2n) is 7.97. The lowest BCUT2D eigenvalue weighted by Crippen LogP contribution is -2.17. The van der Waals surface area contributed by atoms with Gasteiger partial charge in [0.15, 0.2) is 11.0 Å². The van der Waals surface area contributed by atoms with Crippen molar-refractivity contribution in [3.63, 3.8) is 0 Å². The fourth-order valence-electron chi connectivity index (χ4n) is 3.40. The minimum atomic E-state index is -0.0448. The Labute approximate surface area is 194 Å². The summed E-state index contributed by atoms with van der Waals surface area (Å²) in [5, 5.41) is 12.2. The molecule has 7 heteroatoms. The number of carbonyl (C=O) groups excluding carboxylic acids is 1. The fraction of sp³-hybridized carbons (Fsp3) is 0.400. The first kappa shape index (κ1) is 23.9. The number of ether oxygens (including phenoxy) is 1. The zero-order valence-corrected chi connectivity index (χ0v) is 20.3. The largest absolute Gasteiger partial charge is 0.486 e. The molecule has 0 radical (unpaired) electrons. The quantitative estimate of drug-likeness (QED) is 0.419. The van der Waals surface area contributed by atoms with E-state index in [0.29, 0.717) is 23.5 Å². The molecule has 1 amide bonds. The van der Waals surface area contributed by atoms with Gasteiger partial charge in [-0.2, -0.15) is 0 Å². The lowest BCUT2D eigenvalue weighted by molar-refractivity contribution is -0.113. The van der Waals surface area contributed by atoms with Crippen molar-refractivity contribution in [3.8, 4) is 5.75 Å². The average molecular weight is 453 g/mol. The smallest absolute Gasteiger partial charge is 0.234 e. The van der Waals surface area contributed by atoms with E-state index in [-0.39, 0.29) is 11.7 Å². The summed E-state index contributed by atoms with van der Waals surface area (Å²) in [4.78, 5) is 12.6. The molecule has 3 rings (SSSR count). The second-order valence-corrected chi connectivity index (χ2v) is 8.91. The summed E-state index contributed by atoms with van der Waals surface area (Å²) in [6, 6.07) is 14.3. The molecular formula is C25H32N4O2S. The number of aromatic nitrogens is 3. The van der Waals surface area contributed by atoms with Gasteiger partial charge < -0.3 is 14.6 Å². The van der Waals surface area contributed by atoms with Crippen molar-refractivity contribution in [2.24, 2.45) is 7.05 Å². The number of nitrogens with one attached hydrogen (secondary N) is 1. The van der Waals surface area contributed by atoms with Gasteiger partial charge in [0.05, 0.1) is 5.75 Å². The maximum absolute atomic E-state index is 12.6. The first-order chi connectivity index (χ1) is 15.4. The van der Waals surface area contributed by atoms with Crippen LogP contribution in [0, 0.1) is 0 Å². The summed E-state index contributed by atoms with van der Waals surface area (Å²) < 4.78 is 7.74. The predicted molar refractivity (Wildman–Crippen MR) is 130 cm³/mol. The van der Waals surface area contributed by atoms with Crippen LogP contribution >= 0.6 is 11.8 Å². The molecule has 0 aliphatic heterocycles. The molecular weight excluding hydrogens is 420 g/mol. The van der Waals surface area contributed by atoms with Gasteiger partial charge in [0.2, 0.25) is 5.91 Å². The third-order valence-corrected chi connectivity index (χ3v) is 6.46. The van der Waals surface area contributed by atoms with Crippen LogP contribution in [0.5, 0.6) is 5.75 Å². The molecule has 3 aromatic rings. The van der Waals surface area contributed by atoms with Crippen molar-refractivity contribution in [2.75, 3.05) is 11.1 Å². The first-order valence-corrected chi connectivity index (χ1v) is 12.1. The molecule has 0 saturated heterocycles. The zero-order chi connectivity index (χ0) is 23.1. The van der Waals surface area contributed by atoms with Crippen LogP contribution in [0.1, 0.15) is 56.1 Å². The fourth-order valence-corrected chi connectivity index (χ4v) is 4.13. The number of hydrogen-bond acceptors (Lipinski definition) is 5. The molecule has 1 N–H and O–H groups in total. The molecule has 0 aliphatic carbocycles. The van der Waals surface area contributed by atoms with Crippen molar-refractivity contribution < 1.29 is 9.53 Å². The Bertz CT molecular complexity index is 1020. The van der Waals surface area contributed by atoms with Gasteiger partial charge in [0.1, 0.15) is 12.4 Å². The first-order valence-electron chi connectivity index (χ1n) is 11.1. The number of amides is 1. The van der Waals surface area contributed by atoms with Gasteiger partial charge >= 0.3 is 0 Å². The van der Waals surface area contributed by atoms with Crippen molar-refractivity contribution in [1.29, 1.82) is 0 Å². The van der Waals surface area contributed by atoms with Crippen molar-refractivity contribution in [2.45, 2.75) is 58.2 Å². The number of hydrogen-bond donors (Lipinski definition) is 1. The number of benzene rings is 2. The van der Waals surface area contributed by atoms with Crippen molar-refractivity contribution in [3.05, 3.63) is 65.0 Å². The predicted octanol–water partition coefficient (Wildman–Crippen LogP) is 5.37. The van der Waals surface area contributed by atoms with Crippen molar-refractivity contribution >= 4 is 23.4 Å². The van der Waals surface area contributed by atoms with Gasteiger partial charge in [-0.1, -0.05) is 69.8 Å². The van der Waals surface area contributed by atoms with E-state index in [9.17, 15) is 4.79 Å². The molecule has 170 valence electrons. The maximum Gasteiger partial charge on any atom is 0.234 e. The van der Waals surface area contributed by atoms with Crippen LogP contribution in [-0.2, 0) is 31.3 Å². The van der Waals surface area contributed by atoms with E-state index in [0.717, 1.165) is 35.4 Å². The van der Waals surface area contributed by atoms with E-state index in [1.165, 1.54) is 17.3 Å². The molecule has 0 unspecified atom stereocenters. The van der Waals surface area contributed by atoms with E-state index in [4.69, 9.17) is 4.74 Å². The second kappa shape index (κ2) is 11.2. The average Bonchev–Trinajstić information content (AvgIpc) is 3.15. The number of anilines is 1. The summed E-state index contributed by atoms with van der Waals surface area (Å²) >= 11 is 1.37. The molecule has 2 aromatic carbocycles. The lowest BCUT2D eigenvalue weighted by Gasteiger charge is -2.14. The summed E-state index contributed by atoms with van der Waals surface area (Å²) in [5.74, 6) is 2.23. The third-order valence-electron chi connectivity index (χ3n) is 5.44. The molecule has 0 bridgehead atoms. The van der Waals surface area contributed by atoms with E-state index in [1.807, 2.05) is 29.8 Å². The molecule has 0 spiro atoms. The summed E-state index contributed by atoms with van der Waals surface area (Å²) in [6.07, 6.45) is 1.76. The molecule has 1 heterocycles. The number of para-hydroxylation sites is 1. The highest BCUT2D eigenvalue weighted by Gasteiger charge is 2.14. The number of aryl methyl sites for hydroxylation is 2. The van der Waals surface area contributed by atoms with Gasteiger partial charge in [-0.25, -0.2) is 0 Å². The monoisotopic (exact) mass is 452 g/mol. The number of carbonyl (C=O) groups is 1. The Balaban J connectivity index is 1.56. The molecule has 0 saturated carbocycles. The minimum absolute atomic E-state index is 0.0448. The van der Waals surface area contributed by atoms with Crippen molar-refractivity contribution in [1.82, 2.24) is 14.8 Å². The highest BCUT2D eigenvalue weighted by molar-refractivity contribution is 7.99. The lowest BCUT2D eigenvalue weighted by atomic mass is 10.0. The number of thioether (sulfide) groups is 1.